The summed E-state index contributed by atoms with van der Waals surface area (Å²) in [6.07, 6.45) is -5.19. The molecule has 36 heavy (non-hydrogen) atoms. The fraction of sp³-hybridized carbons (Fsp3) is 0.231. The van der Waals surface area contributed by atoms with E-state index in [4.69, 9.17) is 37.5 Å². The normalized spacial score (nSPS) is 11.3. The van der Waals surface area contributed by atoms with E-state index in [0.717, 1.165) is 33.1 Å². The van der Waals surface area contributed by atoms with Crippen LogP contribution in [0.15, 0.2) is 52.9 Å². The van der Waals surface area contributed by atoms with Gasteiger partial charge in [0.1, 0.15) is 25.1 Å². The van der Waals surface area contributed by atoms with Gasteiger partial charge in [-0.2, -0.15) is 13.2 Å². The molecule has 0 radical (unpaired) electrons. The van der Waals surface area contributed by atoms with E-state index in [0.29, 0.717) is 21.4 Å². The predicted octanol–water partition coefficient (Wildman–Crippen LogP) is 5.22. The minimum absolute atomic E-state index is 0.579. The number of carboxylic acids is 1. The summed E-state index contributed by atoms with van der Waals surface area (Å²) in [6, 6.07) is 16.6. The van der Waals surface area contributed by atoms with E-state index in [2.05, 4.69) is 37.3 Å². The first-order valence-corrected chi connectivity index (χ1v) is 11.4. The van der Waals surface area contributed by atoms with Crippen molar-refractivity contribution in [1.29, 1.82) is 0 Å². The Morgan fingerprint density at radius 2 is 1.58 bits per heavy atom. The first-order chi connectivity index (χ1) is 16.8. The Balaban J connectivity index is 0.000000454. The number of rotatable bonds is 2. The third-order valence-corrected chi connectivity index (χ3v) is 6.24. The highest BCUT2D eigenvalue weighted by atomic mass is 35.5. The second-order valence-electron chi connectivity index (χ2n) is 8.42. The van der Waals surface area contributed by atoms with Crippen LogP contribution in [0.2, 0.25) is 10.0 Å². The van der Waals surface area contributed by atoms with Crippen LogP contribution in [0.1, 0.15) is 5.56 Å². The molecule has 1 aliphatic carbocycles. The van der Waals surface area contributed by atoms with E-state index in [-0.39, 0.29) is 0 Å². The molecule has 0 saturated heterocycles. The van der Waals surface area contributed by atoms with Crippen LogP contribution in [0.3, 0.4) is 0 Å². The number of nitrogens with zero attached hydrogens (tertiary/aromatic N) is 2. The summed E-state index contributed by atoms with van der Waals surface area (Å²) in [6.45, 7) is 2.11. The highest BCUT2D eigenvalue weighted by molar-refractivity contribution is 6.38. The topological polar surface area (TPSA) is 59.5 Å². The number of hydrogen-bond donors (Lipinski definition) is 0. The molecular formula is C26H23Cl2F3N2O3. The van der Waals surface area contributed by atoms with E-state index in [1.807, 2.05) is 55.9 Å². The first-order valence-electron chi connectivity index (χ1n) is 10.6. The van der Waals surface area contributed by atoms with Crippen molar-refractivity contribution in [2.45, 2.75) is 13.1 Å². The Kier molecular flexibility index (Phi) is 7.91. The lowest BCUT2D eigenvalue weighted by Gasteiger charge is -2.20. The van der Waals surface area contributed by atoms with Crippen LogP contribution >= 0.6 is 23.2 Å². The fourth-order valence-electron chi connectivity index (χ4n) is 3.77. The van der Waals surface area contributed by atoms with Crippen LogP contribution in [-0.4, -0.2) is 40.3 Å². The number of alkyl halides is 3. The third-order valence-electron chi connectivity index (χ3n) is 5.51. The minimum atomic E-state index is -5.19. The van der Waals surface area contributed by atoms with Crippen molar-refractivity contribution in [2.24, 2.45) is 0 Å². The number of anilines is 1. The zero-order valence-corrected chi connectivity index (χ0v) is 21.6. The molecule has 1 heterocycles. The zero-order valence-electron chi connectivity index (χ0n) is 20.1. The van der Waals surface area contributed by atoms with Crippen LogP contribution in [0.4, 0.5) is 18.9 Å². The van der Waals surface area contributed by atoms with E-state index >= 15 is 0 Å². The van der Waals surface area contributed by atoms with Crippen LogP contribution in [0, 0.1) is 6.92 Å². The summed E-state index contributed by atoms with van der Waals surface area (Å²) in [5.41, 5.74) is 5.91. The second kappa shape index (κ2) is 10.4. The van der Waals surface area contributed by atoms with Gasteiger partial charge in [-0.05, 0) is 36.2 Å². The lowest BCUT2D eigenvalue weighted by atomic mass is 9.91. The van der Waals surface area contributed by atoms with Crippen LogP contribution in [0.5, 0.6) is 0 Å². The van der Waals surface area contributed by atoms with E-state index < -0.39 is 12.1 Å². The minimum Gasteiger partial charge on any atom is -0.542 e. The van der Waals surface area contributed by atoms with Gasteiger partial charge in [0.2, 0.25) is 5.36 Å². The van der Waals surface area contributed by atoms with Gasteiger partial charge in [0, 0.05) is 36.7 Å². The average Bonchev–Trinajstić information content (AvgIpc) is 2.78. The summed E-state index contributed by atoms with van der Waals surface area (Å²) in [7, 11) is 7.86. The van der Waals surface area contributed by atoms with Crippen molar-refractivity contribution in [1.82, 2.24) is 4.58 Å². The van der Waals surface area contributed by atoms with Gasteiger partial charge in [-0.25, -0.2) is 4.58 Å². The molecule has 190 valence electrons. The molecule has 4 rings (SSSR count). The molecule has 0 atom stereocenters. The van der Waals surface area contributed by atoms with Gasteiger partial charge in [-0.3, -0.25) is 0 Å². The zero-order chi connectivity index (χ0) is 26.9. The molecule has 2 aromatic carbocycles. The molecule has 0 N–H and O–H groups in total. The van der Waals surface area contributed by atoms with E-state index in [1.54, 1.807) is 0 Å². The number of carboxylic acid groups (broad SMARTS) is 1. The Labute approximate surface area is 215 Å². The summed E-state index contributed by atoms with van der Waals surface area (Å²) in [4.78, 5) is 10.8. The van der Waals surface area contributed by atoms with Gasteiger partial charge >= 0.3 is 6.18 Å². The molecule has 10 heteroatoms. The monoisotopic (exact) mass is 538 g/mol. The lowest BCUT2D eigenvalue weighted by Crippen LogP contribution is -2.37. The van der Waals surface area contributed by atoms with Crippen molar-refractivity contribution in [3.8, 4) is 22.5 Å². The summed E-state index contributed by atoms with van der Waals surface area (Å²) in [5, 5.41) is 11.8. The highest BCUT2D eigenvalue weighted by Gasteiger charge is 2.29. The van der Waals surface area contributed by atoms with Gasteiger partial charge in [-0.1, -0.05) is 47.5 Å². The Hall–Kier alpha value is -3.23. The van der Waals surface area contributed by atoms with E-state index in [9.17, 15) is 13.2 Å². The van der Waals surface area contributed by atoms with Crippen molar-refractivity contribution in [2.75, 3.05) is 33.1 Å². The molecule has 0 fully saturated rings. The van der Waals surface area contributed by atoms with Gasteiger partial charge < -0.3 is 19.2 Å². The number of carbonyl (C=O) groups is 1. The van der Waals surface area contributed by atoms with Crippen molar-refractivity contribution in [3.63, 3.8) is 0 Å². The fourth-order valence-corrected chi connectivity index (χ4v) is 4.51. The molecule has 0 aromatic heterocycles. The number of carbonyl (C=O) groups excluding carboxylic acids is 1. The first kappa shape index (κ1) is 27.4. The Morgan fingerprint density at radius 1 is 0.972 bits per heavy atom. The van der Waals surface area contributed by atoms with Gasteiger partial charge in [0.25, 0.3) is 0 Å². The SMILES string of the molecule is Cc1ccccc1-c1c2ccc(=[N+](C)C)c(Cl)c-2oc2c(Cl)c(N(C)C)ccc12.O=C([O-])C(F)(F)F. The number of hydrogen-bond acceptors (Lipinski definition) is 4. The van der Waals surface area contributed by atoms with Gasteiger partial charge in [-0.15, -0.1) is 0 Å². The maximum Gasteiger partial charge on any atom is 0.430 e. The molecule has 0 bridgehead atoms. The van der Waals surface area contributed by atoms with E-state index in [1.165, 1.54) is 5.56 Å². The number of benzene rings is 3. The quantitative estimate of drug-likeness (QED) is 0.259. The number of aryl methyl sites for hydroxylation is 1. The lowest BCUT2D eigenvalue weighted by molar-refractivity contribution is -0.344. The van der Waals surface area contributed by atoms with Crippen molar-refractivity contribution in [3.05, 3.63) is 69.5 Å². The predicted molar refractivity (Wildman–Crippen MR) is 136 cm³/mol. The van der Waals surface area contributed by atoms with Crippen LogP contribution < -0.4 is 19.9 Å². The molecule has 1 aliphatic heterocycles. The summed E-state index contributed by atoms with van der Waals surface area (Å²) >= 11 is 13.6. The van der Waals surface area contributed by atoms with Crippen molar-refractivity contribution < 1.29 is 27.5 Å². The van der Waals surface area contributed by atoms with Crippen molar-refractivity contribution >= 4 is 45.8 Å². The van der Waals surface area contributed by atoms with Crippen LogP contribution in [-0.2, 0) is 4.79 Å². The van der Waals surface area contributed by atoms with Crippen LogP contribution in [0.25, 0.3) is 33.4 Å². The highest BCUT2D eigenvalue weighted by Crippen LogP contribution is 2.46. The third kappa shape index (κ3) is 5.29. The number of fused-ring (bicyclic) bond motifs is 2. The number of aliphatic carboxylic acids is 1. The molecule has 2 aliphatic rings. The molecular weight excluding hydrogens is 516 g/mol. The molecule has 0 saturated carbocycles. The second-order valence-corrected chi connectivity index (χ2v) is 9.17. The maximum atomic E-state index is 10.5. The molecule has 0 spiro atoms. The molecule has 2 aromatic rings. The van der Waals surface area contributed by atoms with Gasteiger partial charge in [0.15, 0.2) is 16.4 Å². The Morgan fingerprint density at radius 3 is 2.11 bits per heavy atom. The number of halogens is 5. The largest absolute Gasteiger partial charge is 0.542 e. The van der Waals surface area contributed by atoms with Gasteiger partial charge in [0.05, 0.1) is 5.69 Å². The Bertz CT molecular complexity index is 1490. The standard InChI is InChI=1S/C24H23Cl2N2O.C2HF3O2/c1-14-8-6-7-9-15(14)20-16-10-12-18(27(2)3)21(25)23(16)29-24-17(20)11-13-19(22(24)26)28(4)5;3-2(4,5)1(6)7/h6-13H,1-5H3;(H,6,7)/q+1;/p-1. The maximum absolute atomic E-state index is 10.5. The summed E-state index contributed by atoms with van der Waals surface area (Å²) in [5.74, 6) is -2.37. The molecule has 0 unspecified atom stereocenters. The average molecular weight is 539 g/mol. The summed E-state index contributed by atoms with van der Waals surface area (Å²) < 4.78 is 39.9. The smallest absolute Gasteiger partial charge is 0.430 e. The molecule has 0 amide bonds. The molecule has 5 nitrogen and oxygen atoms in total.